The molecular weight excluding hydrogens is 318 g/mol. The fourth-order valence-electron chi connectivity index (χ4n) is 3.28. The van der Waals surface area contributed by atoms with Crippen molar-refractivity contribution in [2.24, 2.45) is 5.92 Å². The predicted molar refractivity (Wildman–Crippen MR) is 94.8 cm³/mol. The molecule has 0 bridgehead atoms. The zero-order valence-corrected chi connectivity index (χ0v) is 14.8. The largest absolute Gasteiger partial charge is 0.396 e. The molecule has 0 radical (unpaired) electrons. The number of carbonyl (C=O) groups excluding carboxylic acids is 1. The molecule has 0 aromatic heterocycles. The number of rotatable bonds is 10. The van der Waals surface area contributed by atoms with Crippen molar-refractivity contribution >= 4 is 5.91 Å². The molecule has 1 saturated heterocycles. The van der Waals surface area contributed by atoms with Crippen LogP contribution in [-0.2, 0) is 9.53 Å². The highest BCUT2D eigenvalue weighted by Crippen LogP contribution is 2.31. The minimum atomic E-state index is -0.112. The van der Waals surface area contributed by atoms with E-state index in [1.807, 2.05) is 17.0 Å². The van der Waals surface area contributed by atoms with Crippen molar-refractivity contribution in [2.45, 2.75) is 25.3 Å². The Labute approximate surface area is 149 Å². The van der Waals surface area contributed by atoms with Gasteiger partial charge in [-0.05, 0) is 37.0 Å². The molecule has 1 amide bonds. The maximum atomic E-state index is 12.8. The Balaban J connectivity index is 2.09. The number of likely N-dealkylation sites (tertiary alicyclic amines) is 1. The molecule has 2 atom stereocenters. The van der Waals surface area contributed by atoms with E-state index in [4.69, 9.17) is 15.1 Å². The molecule has 0 unspecified atom stereocenters. The second-order valence-corrected chi connectivity index (χ2v) is 6.31. The van der Waals surface area contributed by atoms with Crippen LogP contribution in [0, 0.1) is 17.2 Å². The van der Waals surface area contributed by atoms with Crippen LogP contribution in [0.5, 0.6) is 0 Å². The zero-order valence-electron chi connectivity index (χ0n) is 14.8. The van der Waals surface area contributed by atoms with Gasteiger partial charge in [-0.15, -0.1) is 0 Å². The molecule has 6 heteroatoms. The fourth-order valence-corrected chi connectivity index (χ4v) is 3.28. The van der Waals surface area contributed by atoms with Gasteiger partial charge in [-0.3, -0.25) is 4.79 Å². The van der Waals surface area contributed by atoms with Gasteiger partial charge in [-0.25, -0.2) is 0 Å². The van der Waals surface area contributed by atoms with Crippen LogP contribution in [0.3, 0.4) is 0 Å². The van der Waals surface area contributed by atoms with Crippen molar-refractivity contribution < 1.29 is 14.6 Å². The van der Waals surface area contributed by atoms with Crippen LogP contribution < -0.4 is 5.32 Å². The topological polar surface area (TPSA) is 85.6 Å². The minimum Gasteiger partial charge on any atom is -0.396 e. The number of nitriles is 1. The first kappa shape index (κ1) is 19.4. The van der Waals surface area contributed by atoms with Crippen LogP contribution in [0.4, 0.5) is 0 Å². The normalized spacial score (nSPS) is 18.4. The number of benzene rings is 1. The lowest BCUT2D eigenvalue weighted by atomic mass is 9.91. The van der Waals surface area contributed by atoms with E-state index < -0.39 is 0 Å². The van der Waals surface area contributed by atoms with Gasteiger partial charge in [0.15, 0.2) is 0 Å². The Morgan fingerprint density at radius 1 is 1.40 bits per heavy atom. The summed E-state index contributed by atoms with van der Waals surface area (Å²) >= 11 is 0. The maximum Gasteiger partial charge on any atom is 0.227 e. The number of unbranched alkanes of at least 4 members (excludes halogenated alkanes) is 1. The Hall–Kier alpha value is -1.94. The molecular formula is C19H27N3O3. The lowest BCUT2D eigenvalue weighted by Gasteiger charge is -2.25. The van der Waals surface area contributed by atoms with Gasteiger partial charge in [-0.1, -0.05) is 12.1 Å². The van der Waals surface area contributed by atoms with E-state index in [1.54, 1.807) is 19.2 Å². The van der Waals surface area contributed by atoms with Crippen LogP contribution in [-0.4, -0.2) is 55.9 Å². The van der Waals surface area contributed by atoms with Crippen LogP contribution in [0.1, 0.15) is 36.4 Å². The first-order chi connectivity index (χ1) is 12.2. The standard InChI is InChI=1S/C19H27N3O3/c1-25-13-9-21-18(16-6-4-15(14-20)5-7-16)17-8-11-22(19(17)24)10-2-3-12-23/h4-7,17-18,21,23H,2-3,8-13H2,1H3/t17-,18-/m0/s1. The third-order valence-corrected chi connectivity index (χ3v) is 4.65. The Morgan fingerprint density at radius 2 is 2.16 bits per heavy atom. The zero-order chi connectivity index (χ0) is 18.1. The van der Waals surface area contributed by atoms with E-state index in [-0.39, 0.29) is 24.5 Å². The molecule has 6 nitrogen and oxygen atoms in total. The molecule has 136 valence electrons. The molecule has 0 spiro atoms. The highest BCUT2D eigenvalue weighted by atomic mass is 16.5. The summed E-state index contributed by atoms with van der Waals surface area (Å²) in [6.45, 7) is 2.86. The number of methoxy groups -OCH3 is 1. The van der Waals surface area contributed by atoms with E-state index in [1.165, 1.54) is 0 Å². The Bertz CT molecular complexity index is 583. The summed E-state index contributed by atoms with van der Waals surface area (Å²) in [7, 11) is 1.65. The number of nitrogens with one attached hydrogen (secondary N) is 1. The van der Waals surface area contributed by atoms with Crippen LogP contribution in [0.15, 0.2) is 24.3 Å². The van der Waals surface area contributed by atoms with E-state index in [9.17, 15) is 4.79 Å². The Morgan fingerprint density at radius 3 is 2.80 bits per heavy atom. The van der Waals surface area contributed by atoms with E-state index in [0.717, 1.165) is 31.4 Å². The van der Waals surface area contributed by atoms with E-state index in [2.05, 4.69) is 11.4 Å². The molecule has 1 fully saturated rings. The second-order valence-electron chi connectivity index (χ2n) is 6.31. The molecule has 1 aliphatic heterocycles. The van der Waals surface area contributed by atoms with E-state index >= 15 is 0 Å². The van der Waals surface area contributed by atoms with Crippen molar-refractivity contribution in [3.8, 4) is 6.07 Å². The van der Waals surface area contributed by atoms with Gasteiger partial charge < -0.3 is 20.1 Å². The van der Waals surface area contributed by atoms with Crippen molar-refractivity contribution in [1.29, 1.82) is 5.26 Å². The monoisotopic (exact) mass is 345 g/mol. The third kappa shape index (κ3) is 5.27. The summed E-state index contributed by atoms with van der Waals surface area (Å²) in [5.74, 6) is 0.0520. The summed E-state index contributed by atoms with van der Waals surface area (Å²) in [5, 5.41) is 21.3. The molecule has 0 saturated carbocycles. The first-order valence-corrected chi connectivity index (χ1v) is 8.83. The fraction of sp³-hybridized carbons (Fsp3) is 0.579. The van der Waals surface area contributed by atoms with Crippen molar-refractivity contribution in [3.63, 3.8) is 0 Å². The van der Waals surface area contributed by atoms with Crippen molar-refractivity contribution in [2.75, 3.05) is 40.0 Å². The Kier molecular flexibility index (Phi) is 7.86. The van der Waals surface area contributed by atoms with Crippen LogP contribution >= 0.6 is 0 Å². The van der Waals surface area contributed by atoms with Crippen LogP contribution in [0.25, 0.3) is 0 Å². The van der Waals surface area contributed by atoms with Crippen molar-refractivity contribution in [1.82, 2.24) is 10.2 Å². The molecule has 0 aliphatic carbocycles. The molecule has 1 aromatic rings. The third-order valence-electron chi connectivity index (χ3n) is 4.65. The number of amides is 1. The summed E-state index contributed by atoms with van der Waals surface area (Å²) < 4.78 is 5.12. The molecule has 2 rings (SSSR count). The quantitative estimate of drug-likeness (QED) is 0.627. The van der Waals surface area contributed by atoms with Gasteiger partial charge >= 0.3 is 0 Å². The minimum absolute atomic E-state index is 0.0850. The number of ether oxygens (including phenoxy) is 1. The average molecular weight is 345 g/mol. The molecule has 1 aromatic carbocycles. The molecule has 25 heavy (non-hydrogen) atoms. The predicted octanol–water partition coefficient (Wildman–Crippen LogP) is 1.46. The number of hydrogen-bond donors (Lipinski definition) is 2. The first-order valence-electron chi connectivity index (χ1n) is 8.83. The lowest BCUT2D eigenvalue weighted by molar-refractivity contribution is -0.131. The summed E-state index contributed by atoms with van der Waals surface area (Å²) in [5.41, 5.74) is 1.63. The maximum absolute atomic E-state index is 12.8. The van der Waals surface area contributed by atoms with Gasteiger partial charge in [0, 0.05) is 39.4 Å². The SMILES string of the molecule is COCCN[C@@H](c1ccc(C#N)cc1)[C@@H]1CCN(CCCCO)C1=O. The van der Waals surface area contributed by atoms with Gasteiger partial charge in [0.25, 0.3) is 0 Å². The number of aliphatic hydroxyl groups excluding tert-OH is 1. The highest BCUT2D eigenvalue weighted by molar-refractivity contribution is 5.81. The van der Waals surface area contributed by atoms with Gasteiger partial charge in [0.05, 0.1) is 24.2 Å². The second kappa shape index (κ2) is 10.1. The number of nitrogens with zero attached hydrogens (tertiary/aromatic N) is 2. The summed E-state index contributed by atoms with van der Waals surface area (Å²) in [4.78, 5) is 14.7. The van der Waals surface area contributed by atoms with Crippen LogP contribution in [0.2, 0.25) is 0 Å². The van der Waals surface area contributed by atoms with Gasteiger partial charge in [0.2, 0.25) is 5.91 Å². The van der Waals surface area contributed by atoms with Crippen molar-refractivity contribution in [3.05, 3.63) is 35.4 Å². The number of carbonyl (C=O) groups is 1. The van der Waals surface area contributed by atoms with Gasteiger partial charge in [0.1, 0.15) is 0 Å². The lowest BCUT2D eigenvalue weighted by Crippen LogP contribution is -2.36. The molecule has 2 N–H and O–H groups in total. The summed E-state index contributed by atoms with van der Waals surface area (Å²) in [6, 6.07) is 9.46. The summed E-state index contributed by atoms with van der Waals surface area (Å²) in [6.07, 6.45) is 2.36. The average Bonchev–Trinajstić information content (AvgIpc) is 3.00. The van der Waals surface area contributed by atoms with E-state index in [0.29, 0.717) is 25.3 Å². The number of aliphatic hydroxyl groups is 1. The molecule has 1 heterocycles. The highest BCUT2D eigenvalue weighted by Gasteiger charge is 2.37. The smallest absolute Gasteiger partial charge is 0.227 e. The van der Waals surface area contributed by atoms with Gasteiger partial charge in [-0.2, -0.15) is 5.26 Å². The number of hydrogen-bond acceptors (Lipinski definition) is 5. The molecule has 1 aliphatic rings.